The van der Waals surface area contributed by atoms with E-state index < -0.39 is 0 Å². The molecule has 0 atom stereocenters. The van der Waals surface area contributed by atoms with Crippen LogP contribution in [0.2, 0.25) is 0 Å². The van der Waals surface area contributed by atoms with Crippen LogP contribution in [-0.2, 0) is 4.79 Å². The van der Waals surface area contributed by atoms with Crippen molar-refractivity contribution in [3.63, 3.8) is 0 Å². The van der Waals surface area contributed by atoms with Crippen molar-refractivity contribution in [1.29, 1.82) is 5.26 Å². The van der Waals surface area contributed by atoms with Gasteiger partial charge < -0.3 is 4.74 Å². The van der Waals surface area contributed by atoms with E-state index >= 15 is 0 Å². The second kappa shape index (κ2) is 7.76. The smallest absolute Gasteiger partial charge is 0.277 e. The Morgan fingerprint density at radius 1 is 1.26 bits per heavy atom. The third kappa shape index (κ3) is 4.97. The number of nitriles is 1. The molecule has 0 fully saturated rings. The second-order valence-electron chi connectivity index (χ2n) is 5.08. The zero-order valence-electron chi connectivity index (χ0n) is 13.0. The van der Waals surface area contributed by atoms with Crippen molar-refractivity contribution in [2.24, 2.45) is 5.10 Å². The van der Waals surface area contributed by atoms with Gasteiger partial charge in [0.2, 0.25) is 0 Å². The van der Waals surface area contributed by atoms with Gasteiger partial charge in [0.25, 0.3) is 5.91 Å². The van der Waals surface area contributed by atoms with Crippen molar-refractivity contribution in [1.82, 2.24) is 5.43 Å². The van der Waals surface area contributed by atoms with Crippen LogP contribution in [0.3, 0.4) is 0 Å². The van der Waals surface area contributed by atoms with Crippen LogP contribution in [0.4, 0.5) is 0 Å². The van der Waals surface area contributed by atoms with Crippen molar-refractivity contribution in [2.75, 3.05) is 6.61 Å². The van der Waals surface area contributed by atoms with Crippen molar-refractivity contribution in [3.8, 4) is 11.8 Å². The zero-order chi connectivity index (χ0) is 16.7. The van der Waals surface area contributed by atoms with Gasteiger partial charge in [0.15, 0.2) is 6.61 Å². The lowest BCUT2D eigenvalue weighted by Gasteiger charge is -2.08. The van der Waals surface area contributed by atoms with Crippen LogP contribution in [0.15, 0.2) is 47.6 Å². The highest BCUT2D eigenvalue weighted by Crippen LogP contribution is 2.18. The molecule has 0 saturated carbocycles. The molecule has 1 N–H and O–H groups in total. The van der Waals surface area contributed by atoms with E-state index in [1.807, 2.05) is 38.1 Å². The standard InChI is InChI=1S/C18H17N3O2/c1-13-3-4-14(2)17(9-13)23-12-18(22)21-20-11-16-7-5-15(10-19)6-8-16/h3-9,11H,12H2,1-2H3,(H,21,22). The lowest BCUT2D eigenvalue weighted by Crippen LogP contribution is -2.24. The number of rotatable bonds is 5. The number of nitrogens with zero attached hydrogens (tertiary/aromatic N) is 2. The van der Waals surface area contributed by atoms with Gasteiger partial charge in [0, 0.05) is 0 Å². The molecule has 2 aromatic rings. The third-order valence-electron chi connectivity index (χ3n) is 3.15. The first-order valence-corrected chi connectivity index (χ1v) is 7.10. The van der Waals surface area contributed by atoms with E-state index in [9.17, 15) is 4.79 Å². The summed E-state index contributed by atoms with van der Waals surface area (Å²) in [4.78, 5) is 11.7. The SMILES string of the molecule is Cc1ccc(C)c(OCC(=O)NN=Cc2ccc(C#N)cc2)c1. The Labute approximate surface area is 135 Å². The highest BCUT2D eigenvalue weighted by molar-refractivity contribution is 5.83. The lowest BCUT2D eigenvalue weighted by atomic mass is 10.1. The first-order chi connectivity index (χ1) is 11.1. The second-order valence-corrected chi connectivity index (χ2v) is 5.08. The summed E-state index contributed by atoms with van der Waals surface area (Å²) in [5.74, 6) is 0.354. The third-order valence-corrected chi connectivity index (χ3v) is 3.15. The van der Waals surface area contributed by atoms with Crippen molar-refractivity contribution >= 4 is 12.1 Å². The average Bonchev–Trinajstić information content (AvgIpc) is 2.56. The van der Waals surface area contributed by atoms with Crippen LogP contribution in [0, 0.1) is 25.2 Å². The average molecular weight is 307 g/mol. The Hall–Kier alpha value is -3.13. The molecular formula is C18H17N3O2. The zero-order valence-corrected chi connectivity index (χ0v) is 13.0. The number of carbonyl (C=O) groups excluding carboxylic acids is 1. The molecule has 23 heavy (non-hydrogen) atoms. The molecule has 0 unspecified atom stereocenters. The Morgan fingerprint density at radius 2 is 2.00 bits per heavy atom. The normalized spacial score (nSPS) is 10.3. The molecular weight excluding hydrogens is 290 g/mol. The molecule has 0 spiro atoms. The minimum absolute atomic E-state index is 0.102. The maximum atomic E-state index is 11.7. The van der Waals surface area contributed by atoms with E-state index in [0.717, 1.165) is 16.7 Å². The number of amides is 1. The molecule has 0 bridgehead atoms. The van der Waals surface area contributed by atoms with Gasteiger partial charge in [-0.3, -0.25) is 4.79 Å². The van der Waals surface area contributed by atoms with E-state index in [2.05, 4.69) is 10.5 Å². The number of hydrogen-bond acceptors (Lipinski definition) is 4. The van der Waals surface area contributed by atoms with Crippen LogP contribution >= 0.6 is 0 Å². The summed E-state index contributed by atoms with van der Waals surface area (Å²) in [6.45, 7) is 3.79. The van der Waals surface area contributed by atoms with Crippen molar-refractivity contribution in [3.05, 3.63) is 64.7 Å². The summed E-state index contributed by atoms with van der Waals surface area (Å²) in [5.41, 5.74) is 5.82. The van der Waals surface area contributed by atoms with Crippen LogP contribution in [-0.4, -0.2) is 18.7 Å². The molecule has 2 rings (SSSR count). The summed E-state index contributed by atoms with van der Waals surface area (Å²) in [5, 5.41) is 12.6. The molecule has 2 aromatic carbocycles. The molecule has 0 aliphatic carbocycles. The van der Waals surface area contributed by atoms with Gasteiger partial charge in [-0.25, -0.2) is 5.43 Å². The Morgan fingerprint density at radius 3 is 2.70 bits per heavy atom. The van der Waals surface area contributed by atoms with Gasteiger partial charge in [-0.05, 0) is 48.7 Å². The lowest BCUT2D eigenvalue weighted by molar-refractivity contribution is -0.123. The predicted octanol–water partition coefficient (Wildman–Crippen LogP) is 2.70. The van der Waals surface area contributed by atoms with Crippen LogP contribution < -0.4 is 10.2 Å². The Kier molecular flexibility index (Phi) is 5.48. The monoisotopic (exact) mass is 307 g/mol. The summed E-state index contributed by atoms with van der Waals surface area (Å²) < 4.78 is 5.49. The van der Waals surface area contributed by atoms with Gasteiger partial charge in [0.05, 0.1) is 17.8 Å². The van der Waals surface area contributed by atoms with E-state index in [-0.39, 0.29) is 12.5 Å². The first-order valence-electron chi connectivity index (χ1n) is 7.10. The van der Waals surface area contributed by atoms with E-state index in [1.165, 1.54) is 6.21 Å². The topological polar surface area (TPSA) is 74.5 Å². The summed E-state index contributed by atoms with van der Waals surface area (Å²) in [6, 6.07) is 14.7. The first kappa shape index (κ1) is 16.2. The number of hydrazone groups is 1. The molecule has 0 radical (unpaired) electrons. The summed E-state index contributed by atoms with van der Waals surface area (Å²) in [7, 11) is 0. The van der Waals surface area contributed by atoms with Gasteiger partial charge >= 0.3 is 0 Å². The Balaban J connectivity index is 1.83. The molecule has 116 valence electrons. The Bertz CT molecular complexity index is 759. The number of hydrogen-bond donors (Lipinski definition) is 1. The summed E-state index contributed by atoms with van der Waals surface area (Å²) in [6.07, 6.45) is 1.51. The predicted molar refractivity (Wildman–Crippen MR) is 88.3 cm³/mol. The minimum Gasteiger partial charge on any atom is -0.483 e. The fourth-order valence-electron chi connectivity index (χ4n) is 1.86. The molecule has 5 heteroatoms. The maximum Gasteiger partial charge on any atom is 0.277 e. The number of nitrogens with one attached hydrogen (secondary N) is 1. The van der Waals surface area contributed by atoms with E-state index in [0.29, 0.717) is 11.3 Å². The molecule has 5 nitrogen and oxygen atoms in total. The van der Waals surface area contributed by atoms with Gasteiger partial charge in [-0.2, -0.15) is 10.4 Å². The fraction of sp³-hybridized carbons (Fsp3) is 0.167. The van der Waals surface area contributed by atoms with Crippen LogP contribution in [0.5, 0.6) is 5.75 Å². The quantitative estimate of drug-likeness (QED) is 0.681. The largest absolute Gasteiger partial charge is 0.483 e. The van der Waals surface area contributed by atoms with E-state index in [4.69, 9.17) is 10.00 Å². The molecule has 0 heterocycles. The highest BCUT2D eigenvalue weighted by Gasteiger charge is 2.04. The number of ether oxygens (including phenoxy) is 1. The van der Waals surface area contributed by atoms with E-state index in [1.54, 1.807) is 24.3 Å². The highest BCUT2D eigenvalue weighted by atomic mass is 16.5. The van der Waals surface area contributed by atoms with Gasteiger partial charge in [-0.1, -0.05) is 24.3 Å². The minimum atomic E-state index is -0.337. The van der Waals surface area contributed by atoms with Gasteiger partial charge in [-0.15, -0.1) is 0 Å². The maximum absolute atomic E-state index is 11.7. The van der Waals surface area contributed by atoms with Crippen molar-refractivity contribution in [2.45, 2.75) is 13.8 Å². The van der Waals surface area contributed by atoms with Crippen LogP contribution in [0.25, 0.3) is 0 Å². The number of carbonyl (C=O) groups is 1. The van der Waals surface area contributed by atoms with Gasteiger partial charge in [0.1, 0.15) is 5.75 Å². The summed E-state index contributed by atoms with van der Waals surface area (Å²) >= 11 is 0. The van der Waals surface area contributed by atoms with Crippen LogP contribution in [0.1, 0.15) is 22.3 Å². The van der Waals surface area contributed by atoms with Crippen molar-refractivity contribution < 1.29 is 9.53 Å². The molecule has 1 amide bonds. The molecule has 0 saturated heterocycles. The number of benzene rings is 2. The molecule has 0 aliphatic heterocycles. The molecule has 0 aliphatic rings. The fourth-order valence-corrected chi connectivity index (χ4v) is 1.86. The number of aryl methyl sites for hydroxylation is 2. The molecule has 0 aromatic heterocycles.